The fourth-order valence-corrected chi connectivity index (χ4v) is 4.75. The molecule has 0 bridgehead atoms. The number of benzene rings is 3. The number of nitrogens with two attached hydrogens (primary N) is 1. The third-order valence-electron chi connectivity index (χ3n) is 7.36. The lowest BCUT2D eigenvalue weighted by Gasteiger charge is -2.41. The summed E-state index contributed by atoms with van der Waals surface area (Å²) in [5.41, 5.74) is -4.49. The highest BCUT2D eigenvalue weighted by molar-refractivity contribution is 5.85. The summed E-state index contributed by atoms with van der Waals surface area (Å²) in [4.78, 5) is 13.4. The zero-order valence-electron chi connectivity index (χ0n) is 24.0. The van der Waals surface area contributed by atoms with E-state index in [9.17, 15) is 58.2 Å². The van der Waals surface area contributed by atoms with Crippen LogP contribution in [0.15, 0.2) is 66.7 Å². The van der Waals surface area contributed by atoms with Crippen LogP contribution < -0.4 is 20.5 Å². The summed E-state index contributed by atoms with van der Waals surface area (Å²) in [5, 5.41) is 11.7. The van der Waals surface area contributed by atoms with Gasteiger partial charge in [-0.15, -0.1) is 0 Å². The smallest absolute Gasteiger partial charge is 0.461 e. The molecule has 0 radical (unpaired) electrons. The molecule has 3 aromatic rings. The molecule has 0 aromatic heterocycles. The second-order valence-corrected chi connectivity index (χ2v) is 10.9. The average molecular weight is 705 g/mol. The van der Waals surface area contributed by atoms with Crippen molar-refractivity contribution in [2.75, 3.05) is 0 Å². The van der Waals surface area contributed by atoms with Gasteiger partial charge in [-0.2, -0.15) is 43.9 Å². The van der Waals surface area contributed by atoms with E-state index in [0.29, 0.717) is 25.0 Å². The highest BCUT2D eigenvalue weighted by atomic mass is 19.4. The van der Waals surface area contributed by atoms with Gasteiger partial charge in [0.15, 0.2) is 11.6 Å². The van der Waals surface area contributed by atoms with Crippen LogP contribution >= 0.6 is 0 Å². The van der Waals surface area contributed by atoms with Gasteiger partial charge in [-0.25, -0.2) is 8.78 Å². The molecule has 48 heavy (non-hydrogen) atoms. The Bertz CT molecular complexity index is 1600. The van der Waals surface area contributed by atoms with Crippen molar-refractivity contribution in [2.45, 2.75) is 67.4 Å². The van der Waals surface area contributed by atoms with Gasteiger partial charge >= 0.3 is 24.9 Å². The fourth-order valence-electron chi connectivity index (χ4n) is 4.75. The van der Waals surface area contributed by atoms with Crippen molar-refractivity contribution in [3.05, 3.63) is 95.1 Å². The molecule has 1 fully saturated rings. The number of hydrogen-bond donors (Lipinski definition) is 3. The van der Waals surface area contributed by atoms with Gasteiger partial charge in [0.1, 0.15) is 17.6 Å². The van der Waals surface area contributed by atoms with Gasteiger partial charge in [0.25, 0.3) is 5.60 Å². The van der Waals surface area contributed by atoms with E-state index in [2.05, 4.69) is 4.74 Å². The van der Waals surface area contributed by atoms with Gasteiger partial charge in [0, 0.05) is 12.5 Å². The maximum absolute atomic E-state index is 15.0. The Morgan fingerprint density at radius 1 is 0.875 bits per heavy atom. The second-order valence-electron chi connectivity index (χ2n) is 10.9. The molecule has 3 aromatic carbocycles. The molecule has 1 unspecified atom stereocenters. The van der Waals surface area contributed by atoms with Crippen molar-refractivity contribution < 1.29 is 72.1 Å². The van der Waals surface area contributed by atoms with Crippen LogP contribution in [-0.2, 0) is 16.8 Å². The SMILES string of the molecule is NC(C(=O)N[C@@](Cc1ccccc1)(c1cc(F)cc(OC(F)(F)C(F)F)c1)c1ccc(F)c(OC2CC2)c1)C(O)(C(F)(F)F)C(F)(F)F. The van der Waals surface area contributed by atoms with Crippen LogP contribution in [0, 0.1) is 11.6 Å². The van der Waals surface area contributed by atoms with Crippen molar-refractivity contribution in [1.82, 2.24) is 5.32 Å². The Balaban J connectivity index is 2.01. The third kappa shape index (κ3) is 7.43. The van der Waals surface area contributed by atoms with Gasteiger partial charge < -0.3 is 25.6 Å². The molecule has 1 aliphatic rings. The first kappa shape index (κ1) is 36.6. The maximum Gasteiger partial charge on any atom is 0.461 e. The van der Waals surface area contributed by atoms with E-state index in [1.54, 1.807) is 0 Å². The fraction of sp³-hybridized carbons (Fsp3) is 0.367. The molecule has 0 heterocycles. The van der Waals surface area contributed by atoms with Crippen LogP contribution in [0.25, 0.3) is 0 Å². The molecule has 1 saturated carbocycles. The number of rotatable bonds is 12. The number of carbonyl (C=O) groups is 1. The molecule has 0 spiro atoms. The molecule has 18 heteroatoms. The van der Waals surface area contributed by atoms with Gasteiger partial charge in [-0.1, -0.05) is 36.4 Å². The quantitative estimate of drug-likeness (QED) is 0.187. The van der Waals surface area contributed by atoms with E-state index >= 15 is 4.39 Å². The summed E-state index contributed by atoms with van der Waals surface area (Å²) in [7, 11) is 0. The minimum atomic E-state index is -6.59. The zero-order valence-corrected chi connectivity index (χ0v) is 24.0. The molecule has 1 aliphatic carbocycles. The Morgan fingerprint density at radius 2 is 1.48 bits per heavy atom. The summed E-state index contributed by atoms with van der Waals surface area (Å²) in [6.45, 7) is 0. The highest BCUT2D eigenvalue weighted by Crippen LogP contribution is 2.46. The van der Waals surface area contributed by atoms with E-state index in [0.717, 1.165) is 18.2 Å². The lowest BCUT2D eigenvalue weighted by molar-refractivity contribution is -0.371. The number of halogens is 12. The number of amides is 1. The summed E-state index contributed by atoms with van der Waals surface area (Å²) in [5.74, 6) is -6.75. The minimum Gasteiger partial charge on any atom is -0.487 e. The van der Waals surface area contributed by atoms with E-state index in [-0.39, 0.29) is 11.6 Å². The minimum absolute atomic E-state index is 0.104. The predicted molar refractivity (Wildman–Crippen MR) is 142 cm³/mol. The molecule has 0 aliphatic heterocycles. The normalized spacial score (nSPS) is 16.3. The molecule has 1 amide bonds. The largest absolute Gasteiger partial charge is 0.487 e. The van der Waals surface area contributed by atoms with E-state index in [1.807, 2.05) is 5.32 Å². The van der Waals surface area contributed by atoms with E-state index in [4.69, 9.17) is 10.5 Å². The van der Waals surface area contributed by atoms with Gasteiger partial charge in [-0.05, 0) is 53.8 Å². The number of carbonyl (C=O) groups excluding carboxylic acids is 1. The van der Waals surface area contributed by atoms with Crippen molar-refractivity contribution in [2.24, 2.45) is 5.73 Å². The lowest BCUT2D eigenvalue weighted by atomic mass is 9.77. The summed E-state index contributed by atoms with van der Waals surface area (Å²) in [6, 6.07) is 6.65. The summed E-state index contributed by atoms with van der Waals surface area (Å²) >= 11 is 0. The van der Waals surface area contributed by atoms with Crippen LogP contribution in [-0.4, -0.2) is 53.6 Å². The zero-order chi connectivity index (χ0) is 35.9. The molecule has 4 rings (SSSR count). The predicted octanol–water partition coefficient (Wildman–Crippen LogP) is 6.53. The summed E-state index contributed by atoms with van der Waals surface area (Å²) in [6.07, 6.45) is -23.2. The first-order valence-electron chi connectivity index (χ1n) is 13.7. The standard InChI is InChI=1S/C30H24F12N2O4/c31-18-10-17(11-20(13-18)48-28(35,36)25(33)34)26(14-15-4-2-1-3-5-15,16-6-9-21(32)22(12-16)47-19-7-8-19)44-24(45)23(43)27(46,29(37,38)39)30(40,41)42/h1-6,9-13,19,23,25,46H,7-8,14,43H2,(H,44,45)/t23?,26-/m1/s1. The van der Waals surface area contributed by atoms with Gasteiger partial charge in [0.2, 0.25) is 5.91 Å². The van der Waals surface area contributed by atoms with Crippen LogP contribution in [0.2, 0.25) is 0 Å². The molecule has 4 N–H and O–H groups in total. The van der Waals surface area contributed by atoms with Crippen molar-refractivity contribution in [3.8, 4) is 11.5 Å². The summed E-state index contributed by atoms with van der Waals surface area (Å²) < 4.78 is 175. The first-order chi connectivity index (χ1) is 22.1. The number of alkyl halides is 10. The Kier molecular flexibility index (Phi) is 9.94. The van der Waals surface area contributed by atoms with Crippen molar-refractivity contribution >= 4 is 5.91 Å². The first-order valence-corrected chi connectivity index (χ1v) is 13.7. The lowest BCUT2D eigenvalue weighted by Crippen LogP contribution is -2.72. The highest BCUT2D eigenvalue weighted by Gasteiger charge is 2.75. The molecule has 0 saturated heterocycles. The number of aliphatic hydroxyl groups is 1. The van der Waals surface area contributed by atoms with Gasteiger partial charge in [-0.3, -0.25) is 4.79 Å². The Labute approximate surface area is 263 Å². The third-order valence-corrected chi connectivity index (χ3v) is 7.36. The molecular weight excluding hydrogens is 680 g/mol. The molecule has 262 valence electrons. The number of nitrogens with one attached hydrogen (secondary N) is 1. The van der Waals surface area contributed by atoms with Crippen molar-refractivity contribution in [3.63, 3.8) is 0 Å². The van der Waals surface area contributed by atoms with Crippen LogP contribution in [0.3, 0.4) is 0 Å². The average Bonchev–Trinajstić information content (AvgIpc) is 3.80. The molecule has 6 nitrogen and oxygen atoms in total. The number of hydrogen-bond acceptors (Lipinski definition) is 5. The van der Waals surface area contributed by atoms with Crippen LogP contribution in [0.1, 0.15) is 29.5 Å². The molecular formula is C30H24F12N2O4. The van der Waals surface area contributed by atoms with Crippen LogP contribution in [0.5, 0.6) is 11.5 Å². The van der Waals surface area contributed by atoms with E-state index < -0.39 is 94.8 Å². The maximum atomic E-state index is 15.0. The van der Waals surface area contributed by atoms with Gasteiger partial charge in [0.05, 0.1) is 11.6 Å². The second kappa shape index (κ2) is 13.0. The Morgan fingerprint density at radius 3 is 2.02 bits per heavy atom. The topological polar surface area (TPSA) is 93.8 Å². The van der Waals surface area contributed by atoms with Crippen molar-refractivity contribution in [1.29, 1.82) is 0 Å². The Hall–Kier alpha value is -4.19. The monoisotopic (exact) mass is 704 g/mol. The van der Waals surface area contributed by atoms with Crippen LogP contribution in [0.4, 0.5) is 52.7 Å². The number of ether oxygens (including phenoxy) is 2. The van der Waals surface area contributed by atoms with E-state index in [1.165, 1.54) is 30.3 Å². The molecule has 2 atom stereocenters.